The molecule has 0 aromatic carbocycles. The van der Waals surface area contributed by atoms with Gasteiger partial charge < -0.3 is 4.98 Å². The lowest BCUT2D eigenvalue weighted by Gasteiger charge is -2.13. The van der Waals surface area contributed by atoms with Crippen molar-refractivity contribution in [3.05, 3.63) is 38.0 Å². The van der Waals surface area contributed by atoms with Crippen molar-refractivity contribution in [3.63, 3.8) is 0 Å². The van der Waals surface area contributed by atoms with Gasteiger partial charge in [-0.15, -0.1) is 0 Å². The van der Waals surface area contributed by atoms with Gasteiger partial charge in [-0.3, -0.25) is 9.36 Å². The smallest absolute Gasteiger partial charge is 0.266 e. The average molecular weight is 342 g/mol. The topological polar surface area (TPSA) is 63.6 Å². The number of hydrogen-bond donors (Lipinski definition) is 1. The third kappa shape index (κ3) is 1.80. The maximum Gasteiger partial charge on any atom is 0.266 e. The monoisotopic (exact) mass is 342 g/mol. The molecule has 0 amide bonds. The normalized spacial score (nSPS) is 14.6. The first-order valence-corrected chi connectivity index (χ1v) is 6.64. The van der Waals surface area contributed by atoms with Gasteiger partial charge in [-0.05, 0) is 48.3 Å². The molecule has 0 radical (unpaired) electrons. The standard InChI is InChI=1S/C11H11IN4O/c12-9-10(13-5-14-11(9)17)16-6-15-7-3-1-2-4-8(7)16/h5-6H,1-4H2,(H,13,14,17). The molecule has 0 saturated heterocycles. The Kier molecular flexibility index (Phi) is 2.73. The highest BCUT2D eigenvalue weighted by Crippen LogP contribution is 2.23. The lowest BCUT2D eigenvalue weighted by Crippen LogP contribution is -2.16. The van der Waals surface area contributed by atoms with Gasteiger partial charge in [0.2, 0.25) is 0 Å². The number of aryl methyl sites for hydroxylation is 1. The van der Waals surface area contributed by atoms with Crippen molar-refractivity contribution in [2.75, 3.05) is 0 Å². The molecule has 2 aromatic heterocycles. The van der Waals surface area contributed by atoms with E-state index in [2.05, 4.69) is 15.0 Å². The maximum atomic E-state index is 11.6. The molecule has 3 rings (SSSR count). The highest BCUT2D eigenvalue weighted by molar-refractivity contribution is 14.1. The van der Waals surface area contributed by atoms with Gasteiger partial charge in [-0.2, -0.15) is 0 Å². The van der Waals surface area contributed by atoms with Crippen molar-refractivity contribution < 1.29 is 0 Å². The van der Waals surface area contributed by atoms with Crippen molar-refractivity contribution in [1.29, 1.82) is 0 Å². The molecular formula is C11H11IN4O. The van der Waals surface area contributed by atoms with Gasteiger partial charge in [0.15, 0.2) is 5.82 Å². The number of halogens is 1. The van der Waals surface area contributed by atoms with Gasteiger partial charge in [0, 0.05) is 5.69 Å². The molecule has 1 N–H and O–H groups in total. The van der Waals surface area contributed by atoms with Crippen molar-refractivity contribution in [2.24, 2.45) is 0 Å². The van der Waals surface area contributed by atoms with Gasteiger partial charge in [0.05, 0.1) is 12.0 Å². The van der Waals surface area contributed by atoms with E-state index in [1.165, 1.54) is 24.9 Å². The highest BCUT2D eigenvalue weighted by Gasteiger charge is 2.18. The zero-order valence-corrected chi connectivity index (χ0v) is 11.3. The summed E-state index contributed by atoms with van der Waals surface area (Å²) in [4.78, 5) is 22.8. The van der Waals surface area contributed by atoms with Gasteiger partial charge in [0.1, 0.15) is 9.90 Å². The van der Waals surface area contributed by atoms with E-state index in [-0.39, 0.29) is 5.56 Å². The molecule has 0 fully saturated rings. The van der Waals surface area contributed by atoms with Crippen LogP contribution in [0.1, 0.15) is 24.2 Å². The van der Waals surface area contributed by atoms with Gasteiger partial charge in [0.25, 0.3) is 5.56 Å². The molecule has 2 heterocycles. The number of H-pyrrole nitrogens is 1. The summed E-state index contributed by atoms with van der Waals surface area (Å²) in [6, 6.07) is 0. The molecule has 0 saturated carbocycles. The molecule has 0 atom stereocenters. The molecule has 1 aliphatic rings. The predicted molar refractivity (Wildman–Crippen MR) is 71.3 cm³/mol. The third-order valence-electron chi connectivity index (χ3n) is 3.04. The lowest BCUT2D eigenvalue weighted by molar-refractivity contribution is 0.653. The maximum absolute atomic E-state index is 11.6. The van der Waals surface area contributed by atoms with Crippen LogP contribution in [-0.2, 0) is 12.8 Å². The number of rotatable bonds is 1. The summed E-state index contributed by atoms with van der Waals surface area (Å²) in [5, 5.41) is 0. The van der Waals surface area contributed by atoms with Crippen LogP contribution < -0.4 is 5.56 Å². The summed E-state index contributed by atoms with van der Waals surface area (Å²) >= 11 is 2.03. The van der Waals surface area contributed by atoms with Gasteiger partial charge >= 0.3 is 0 Å². The number of fused-ring (bicyclic) bond motifs is 1. The predicted octanol–water partition coefficient (Wildman–Crippen LogP) is 1.44. The van der Waals surface area contributed by atoms with Crippen LogP contribution in [0.15, 0.2) is 17.4 Å². The molecule has 0 unspecified atom stereocenters. The first-order valence-electron chi connectivity index (χ1n) is 5.56. The number of imidazole rings is 1. The Bertz CT molecular complexity index is 616. The second-order valence-corrected chi connectivity index (χ2v) is 5.16. The minimum absolute atomic E-state index is 0.103. The van der Waals surface area contributed by atoms with E-state index in [0.29, 0.717) is 9.39 Å². The Balaban J connectivity index is 2.19. The molecule has 88 valence electrons. The Morgan fingerprint density at radius 2 is 2.12 bits per heavy atom. The largest absolute Gasteiger partial charge is 0.312 e. The van der Waals surface area contributed by atoms with Crippen LogP contribution >= 0.6 is 22.6 Å². The fraction of sp³-hybridized carbons (Fsp3) is 0.364. The van der Waals surface area contributed by atoms with E-state index in [4.69, 9.17) is 0 Å². The molecule has 17 heavy (non-hydrogen) atoms. The van der Waals surface area contributed by atoms with E-state index >= 15 is 0 Å². The van der Waals surface area contributed by atoms with Crippen LogP contribution in [0.5, 0.6) is 0 Å². The Labute approximate surface area is 111 Å². The Hall–Kier alpha value is -1.18. The molecule has 0 bridgehead atoms. The summed E-state index contributed by atoms with van der Waals surface area (Å²) in [6.07, 6.45) is 7.64. The second kappa shape index (κ2) is 4.25. The summed E-state index contributed by atoms with van der Waals surface area (Å²) < 4.78 is 2.56. The number of aromatic nitrogens is 4. The second-order valence-electron chi connectivity index (χ2n) is 4.08. The summed E-state index contributed by atoms with van der Waals surface area (Å²) in [5.74, 6) is 0.685. The molecule has 5 nitrogen and oxygen atoms in total. The van der Waals surface area contributed by atoms with Crippen LogP contribution in [0, 0.1) is 3.57 Å². The van der Waals surface area contributed by atoms with Crippen LogP contribution in [-0.4, -0.2) is 19.5 Å². The Morgan fingerprint density at radius 3 is 3.00 bits per heavy atom. The van der Waals surface area contributed by atoms with Gasteiger partial charge in [-0.25, -0.2) is 9.97 Å². The zero-order chi connectivity index (χ0) is 11.8. The van der Waals surface area contributed by atoms with E-state index in [9.17, 15) is 4.79 Å². The highest BCUT2D eigenvalue weighted by atomic mass is 127. The molecule has 1 aliphatic carbocycles. The van der Waals surface area contributed by atoms with Crippen molar-refractivity contribution in [1.82, 2.24) is 19.5 Å². The van der Waals surface area contributed by atoms with Crippen LogP contribution in [0.3, 0.4) is 0 Å². The molecule has 2 aromatic rings. The van der Waals surface area contributed by atoms with Crippen LogP contribution in [0.25, 0.3) is 5.82 Å². The summed E-state index contributed by atoms with van der Waals surface area (Å²) in [6.45, 7) is 0. The Morgan fingerprint density at radius 1 is 1.29 bits per heavy atom. The van der Waals surface area contributed by atoms with Crippen LogP contribution in [0.4, 0.5) is 0 Å². The van der Waals surface area contributed by atoms with Crippen molar-refractivity contribution >= 4 is 22.6 Å². The first-order chi connectivity index (χ1) is 8.27. The molecule has 6 heteroatoms. The fourth-order valence-electron chi connectivity index (χ4n) is 2.19. The zero-order valence-electron chi connectivity index (χ0n) is 9.11. The number of nitrogens with zero attached hydrogens (tertiary/aromatic N) is 3. The van der Waals surface area contributed by atoms with Gasteiger partial charge in [-0.1, -0.05) is 0 Å². The lowest BCUT2D eigenvalue weighted by atomic mass is 10.0. The summed E-state index contributed by atoms with van der Waals surface area (Å²) in [7, 11) is 0. The van der Waals surface area contributed by atoms with E-state index in [1.54, 1.807) is 6.33 Å². The van der Waals surface area contributed by atoms with Crippen molar-refractivity contribution in [2.45, 2.75) is 25.7 Å². The molecule has 0 aliphatic heterocycles. The SMILES string of the molecule is O=c1[nH]cnc(-n2cnc3c2CCCC3)c1I. The first kappa shape index (κ1) is 10.9. The fourth-order valence-corrected chi connectivity index (χ4v) is 2.75. The minimum Gasteiger partial charge on any atom is -0.312 e. The van der Waals surface area contributed by atoms with Crippen LogP contribution in [0.2, 0.25) is 0 Å². The summed E-state index contributed by atoms with van der Waals surface area (Å²) in [5.41, 5.74) is 2.25. The average Bonchev–Trinajstić information content (AvgIpc) is 2.77. The van der Waals surface area contributed by atoms with E-state index in [0.717, 1.165) is 18.5 Å². The number of nitrogens with one attached hydrogen (secondary N) is 1. The van der Waals surface area contributed by atoms with E-state index < -0.39 is 0 Å². The minimum atomic E-state index is -0.103. The quantitative estimate of drug-likeness (QED) is 0.798. The third-order valence-corrected chi connectivity index (χ3v) is 4.01. The van der Waals surface area contributed by atoms with E-state index in [1.807, 2.05) is 27.2 Å². The number of hydrogen-bond acceptors (Lipinski definition) is 3. The number of aromatic amines is 1. The molecular weight excluding hydrogens is 331 g/mol. The molecule has 0 spiro atoms. The van der Waals surface area contributed by atoms with Crippen molar-refractivity contribution in [3.8, 4) is 5.82 Å².